The van der Waals surface area contributed by atoms with Crippen molar-refractivity contribution in [2.75, 3.05) is 18.4 Å². The van der Waals surface area contributed by atoms with Gasteiger partial charge in [0.25, 0.3) is 0 Å². The highest BCUT2D eigenvalue weighted by atomic mass is 35.5. The molecule has 90 valence electrons. The molecule has 4 nitrogen and oxygen atoms in total. The lowest BCUT2D eigenvalue weighted by molar-refractivity contribution is 0.786. The Balaban J connectivity index is 1.73. The van der Waals surface area contributed by atoms with Gasteiger partial charge in [0.1, 0.15) is 5.82 Å². The van der Waals surface area contributed by atoms with E-state index in [2.05, 4.69) is 20.8 Å². The number of rotatable bonds is 3. The Morgan fingerprint density at radius 1 is 1.47 bits per heavy atom. The summed E-state index contributed by atoms with van der Waals surface area (Å²) in [6, 6.07) is 6.41. The van der Waals surface area contributed by atoms with Crippen LogP contribution in [-0.2, 0) is 0 Å². The lowest BCUT2D eigenvalue weighted by Gasteiger charge is -2.08. The largest absolute Gasteiger partial charge is 0.365 e. The van der Waals surface area contributed by atoms with Crippen molar-refractivity contribution in [2.24, 2.45) is 0 Å². The number of aromatic nitrogens is 2. The van der Waals surface area contributed by atoms with Gasteiger partial charge in [-0.15, -0.1) is 11.3 Å². The highest BCUT2D eigenvalue weighted by molar-refractivity contribution is 7.19. The number of anilines is 1. The number of aromatic amines is 1. The van der Waals surface area contributed by atoms with Crippen LogP contribution in [0.1, 0.15) is 6.42 Å². The van der Waals surface area contributed by atoms with E-state index < -0.39 is 0 Å². The first-order chi connectivity index (χ1) is 8.31. The molecule has 3 heterocycles. The summed E-state index contributed by atoms with van der Waals surface area (Å²) in [4.78, 5) is 1.11. The van der Waals surface area contributed by atoms with Crippen molar-refractivity contribution in [3.63, 3.8) is 0 Å². The summed E-state index contributed by atoms with van der Waals surface area (Å²) in [5.41, 5.74) is 1.01. The average Bonchev–Trinajstić information content (AvgIpc) is 2.99. The van der Waals surface area contributed by atoms with Gasteiger partial charge in [-0.2, -0.15) is 5.10 Å². The zero-order valence-corrected chi connectivity index (χ0v) is 10.7. The van der Waals surface area contributed by atoms with Gasteiger partial charge < -0.3 is 10.6 Å². The third kappa shape index (κ3) is 2.46. The van der Waals surface area contributed by atoms with E-state index in [9.17, 15) is 0 Å². The molecule has 1 aliphatic rings. The van der Waals surface area contributed by atoms with E-state index in [1.807, 2.05) is 18.2 Å². The monoisotopic (exact) mass is 268 g/mol. The van der Waals surface area contributed by atoms with Gasteiger partial charge in [-0.1, -0.05) is 11.6 Å². The van der Waals surface area contributed by atoms with Gasteiger partial charge in [0.15, 0.2) is 0 Å². The maximum absolute atomic E-state index is 5.91. The van der Waals surface area contributed by atoms with Crippen LogP contribution in [0.25, 0.3) is 10.6 Å². The third-order valence-corrected chi connectivity index (χ3v) is 4.09. The van der Waals surface area contributed by atoms with E-state index in [1.54, 1.807) is 11.3 Å². The van der Waals surface area contributed by atoms with Gasteiger partial charge in [0.05, 0.1) is 14.9 Å². The second kappa shape index (κ2) is 4.68. The van der Waals surface area contributed by atoms with E-state index in [4.69, 9.17) is 11.6 Å². The molecule has 0 radical (unpaired) electrons. The summed E-state index contributed by atoms with van der Waals surface area (Å²) in [7, 11) is 0. The molecule has 6 heteroatoms. The molecule has 0 amide bonds. The van der Waals surface area contributed by atoms with Crippen LogP contribution in [0.4, 0.5) is 5.82 Å². The molecule has 1 saturated heterocycles. The number of nitrogens with zero attached hydrogens (tertiary/aromatic N) is 1. The number of halogens is 1. The van der Waals surface area contributed by atoms with E-state index >= 15 is 0 Å². The van der Waals surface area contributed by atoms with Crippen molar-refractivity contribution in [2.45, 2.75) is 12.5 Å². The highest BCUT2D eigenvalue weighted by Gasteiger charge is 2.15. The van der Waals surface area contributed by atoms with Gasteiger partial charge in [-0.3, -0.25) is 5.10 Å². The summed E-state index contributed by atoms with van der Waals surface area (Å²) >= 11 is 7.47. The lowest BCUT2D eigenvalue weighted by atomic mass is 10.2. The first-order valence-corrected chi connectivity index (χ1v) is 6.79. The van der Waals surface area contributed by atoms with Crippen LogP contribution in [0, 0.1) is 0 Å². The molecular weight excluding hydrogens is 256 g/mol. The Hall–Kier alpha value is -1.04. The first kappa shape index (κ1) is 11.1. The quantitative estimate of drug-likeness (QED) is 0.802. The van der Waals surface area contributed by atoms with Crippen molar-refractivity contribution in [1.29, 1.82) is 0 Å². The molecule has 0 aromatic carbocycles. The number of hydrogen-bond donors (Lipinski definition) is 3. The van der Waals surface area contributed by atoms with E-state index in [1.165, 1.54) is 0 Å². The van der Waals surface area contributed by atoms with E-state index in [-0.39, 0.29) is 0 Å². The minimum absolute atomic E-state index is 0.484. The minimum Gasteiger partial charge on any atom is -0.365 e. The van der Waals surface area contributed by atoms with Crippen molar-refractivity contribution >= 4 is 28.8 Å². The minimum atomic E-state index is 0.484. The molecule has 1 fully saturated rings. The van der Waals surface area contributed by atoms with E-state index in [0.717, 1.165) is 40.2 Å². The Morgan fingerprint density at radius 3 is 3.12 bits per heavy atom. The topological polar surface area (TPSA) is 52.7 Å². The zero-order valence-electron chi connectivity index (χ0n) is 9.16. The summed E-state index contributed by atoms with van der Waals surface area (Å²) < 4.78 is 0.795. The molecule has 2 aromatic rings. The van der Waals surface area contributed by atoms with E-state index in [0.29, 0.717) is 6.04 Å². The fourth-order valence-corrected chi connectivity index (χ4v) is 2.98. The zero-order chi connectivity index (χ0) is 11.7. The molecule has 2 aromatic heterocycles. The normalized spacial score (nSPS) is 19.7. The van der Waals surface area contributed by atoms with Gasteiger partial charge in [0.2, 0.25) is 0 Å². The van der Waals surface area contributed by atoms with Crippen molar-refractivity contribution in [1.82, 2.24) is 15.5 Å². The molecule has 17 heavy (non-hydrogen) atoms. The van der Waals surface area contributed by atoms with Crippen molar-refractivity contribution < 1.29 is 0 Å². The standard InChI is InChI=1S/C11H13ClN4S/c12-10-2-1-9(17-10)8-5-11(16-15-8)14-7-3-4-13-6-7/h1-2,5,7,13H,3-4,6H2,(H2,14,15,16). The number of H-pyrrole nitrogens is 1. The average molecular weight is 269 g/mol. The van der Waals surface area contributed by atoms with Crippen molar-refractivity contribution in [3.05, 3.63) is 22.5 Å². The predicted molar refractivity (Wildman–Crippen MR) is 71.8 cm³/mol. The number of thiophene rings is 1. The molecule has 0 spiro atoms. The first-order valence-electron chi connectivity index (χ1n) is 5.59. The lowest BCUT2D eigenvalue weighted by Crippen LogP contribution is -2.22. The second-order valence-electron chi connectivity index (χ2n) is 4.10. The summed E-state index contributed by atoms with van der Waals surface area (Å²) in [5.74, 6) is 0.901. The predicted octanol–water partition coefficient (Wildman–Crippen LogP) is 2.57. The van der Waals surface area contributed by atoms with Gasteiger partial charge in [-0.25, -0.2) is 0 Å². The molecule has 1 atom stereocenters. The van der Waals surface area contributed by atoms with Crippen LogP contribution in [-0.4, -0.2) is 29.3 Å². The van der Waals surface area contributed by atoms with Crippen LogP contribution < -0.4 is 10.6 Å². The van der Waals surface area contributed by atoms with Crippen LogP contribution in [0.5, 0.6) is 0 Å². The number of nitrogens with one attached hydrogen (secondary N) is 3. The Kier molecular flexibility index (Phi) is 3.05. The van der Waals surface area contributed by atoms with Crippen molar-refractivity contribution in [3.8, 4) is 10.6 Å². The fourth-order valence-electron chi connectivity index (χ4n) is 1.97. The van der Waals surface area contributed by atoms with Gasteiger partial charge in [0, 0.05) is 18.7 Å². The van der Waals surface area contributed by atoms with Crippen LogP contribution in [0.3, 0.4) is 0 Å². The smallest absolute Gasteiger partial charge is 0.148 e. The molecule has 3 rings (SSSR count). The molecule has 1 aliphatic heterocycles. The molecular formula is C11H13ClN4S. The number of hydrogen-bond acceptors (Lipinski definition) is 4. The molecule has 0 aliphatic carbocycles. The molecule has 3 N–H and O–H groups in total. The Labute approximate surface area is 108 Å². The summed E-state index contributed by atoms with van der Waals surface area (Å²) in [6.07, 6.45) is 1.15. The fraction of sp³-hybridized carbons (Fsp3) is 0.364. The molecule has 0 saturated carbocycles. The Morgan fingerprint density at radius 2 is 2.41 bits per heavy atom. The van der Waals surface area contributed by atoms with Crippen LogP contribution in [0.15, 0.2) is 18.2 Å². The maximum Gasteiger partial charge on any atom is 0.148 e. The Bertz CT molecular complexity index is 501. The molecule has 0 bridgehead atoms. The van der Waals surface area contributed by atoms with Crippen LogP contribution in [0.2, 0.25) is 4.34 Å². The maximum atomic E-state index is 5.91. The SMILES string of the molecule is Clc1ccc(-c2cc(NC3CCNC3)n[nH]2)s1. The highest BCUT2D eigenvalue weighted by Crippen LogP contribution is 2.30. The van der Waals surface area contributed by atoms with Crippen LogP contribution >= 0.6 is 22.9 Å². The van der Waals surface area contributed by atoms with Gasteiger partial charge >= 0.3 is 0 Å². The summed E-state index contributed by atoms with van der Waals surface area (Å²) in [6.45, 7) is 2.09. The van der Waals surface area contributed by atoms with Gasteiger partial charge in [-0.05, 0) is 25.1 Å². The second-order valence-corrected chi connectivity index (χ2v) is 5.82. The third-order valence-electron chi connectivity index (χ3n) is 2.83. The molecule has 1 unspecified atom stereocenters. The summed E-state index contributed by atoms with van der Waals surface area (Å²) in [5, 5.41) is 14.0.